The molecule has 4 heteroatoms. The van der Waals surface area contributed by atoms with E-state index >= 15 is 0 Å². The second kappa shape index (κ2) is 7.27. The predicted molar refractivity (Wildman–Crippen MR) is 82.2 cm³/mol. The van der Waals surface area contributed by atoms with Crippen LogP contribution in [0.4, 0.5) is 5.82 Å². The first kappa shape index (κ1) is 14.8. The molecule has 0 bridgehead atoms. The standard InChI is InChI=1S/C16H25N3O/c1-3-5-11-18(4-2)16(20)14-9-8-10-17-15(14)19-12-6-7-13-19/h8-10H,3-7,11-13H2,1-2H3. The van der Waals surface area contributed by atoms with Crippen LogP contribution in [0.25, 0.3) is 0 Å². The predicted octanol–water partition coefficient (Wildman–Crippen LogP) is 2.94. The normalized spacial score (nSPS) is 14.6. The van der Waals surface area contributed by atoms with Gasteiger partial charge in [0.15, 0.2) is 0 Å². The van der Waals surface area contributed by atoms with Crippen LogP contribution in [0, 0.1) is 0 Å². The van der Waals surface area contributed by atoms with E-state index in [2.05, 4.69) is 16.8 Å². The highest BCUT2D eigenvalue weighted by Crippen LogP contribution is 2.23. The fourth-order valence-corrected chi connectivity index (χ4v) is 2.67. The molecule has 0 unspecified atom stereocenters. The van der Waals surface area contributed by atoms with Gasteiger partial charge >= 0.3 is 0 Å². The first-order valence-corrected chi connectivity index (χ1v) is 7.77. The highest BCUT2D eigenvalue weighted by molar-refractivity contribution is 5.98. The topological polar surface area (TPSA) is 36.4 Å². The molecule has 1 aromatic rings. The van der Waals surface area contributed by atoms with E-state index in [1.165, 1.54) is 12.8 Å². The van der Waals surface area contributed by atoms with Crippen molar-refractivity contribution in [3.8, 4) is 0 Å². The van der Waals surface area contributed by atoms with Crippen LogP contribution in [0.15, 0.2) is 18.3 Å². The summed E-state index contributed by atoms with van der Waals surface area (Å²) in [6, 6.07) is 3.78. The third kappa shape index (κ3) is 3.30. The average molecular weight is 275 g/mol. The molecule has 1 fully saturated rings. The zero-order chi connectivity index (χ0) is 14.4. The number of aromatic nitrogens is 1. The maximum absolute atomic E-state index is 12.7. The van der Waals surface area contributed by atoms with E-state index < -0.39 is 0 Å². The molecule has 1 amide bonds. The molecule has 2 rings (SSSR count). The van der Waals surface area contributed by atoms with Crippen LogP contribution >= 0.6 is 0 Å². The molecule has 0 N–H and O–H groups in total. The van der Waals surface area contributed by atoms with Crippen LogP contribution in [0.5, 0.6) is 0 Å². The Morgan fingerprint density at radius 1 is 1.35 bits per heavy atom. The van der Waals surface area contributed by atoms with Gasteiger partial charge < -0.3 is 9.80 Å². The zero-order valence-electron chi connectivity index (χ0n) is 12.6. The molecule has 1 aliphatic heterocycles. The molecule has 20 heavy (non-hydrogen) atoms. The van der Waals surface area contributed by atoms with Gasteiger partial charge in [-0.05, 0) is 38.3 Å². The number of nitrogens with zero attached hydrogens (tertiary/aromatic N) is 3. The van der Waals surface area contributed by atoms with Crippen molar-refractivity contribution in [1.29, 1.82) is 0 Å². The van der Waals surface area contributed by atoms with E-state index in [1.807, 2.05) is 24.0 Å². The Morgan fingerprint density at radius 2 is 2.10 bits per heavy atom. The van der Waals surface area contributed by atoms with Gasteiger partial charge in [-0.1, -0.05) is 13.3 Å². The summed E-state index contributed by atoms with van der Waals surface area (Å²) in [4.78, 5) is 21.3. The smallest absolute Gasteiger partial charge is 0.257 e. The van der Waals surface area contributed by atoms with Crippen molar-refractivity contribution in [2.75, 3.05) is 31.1 Å². The van der Waals surface area contributed by atoms with Crippen LogP contribution in [0.3, 0.4) is 0 Å². The monoisotopic (exact) mass is 275 g/mol. The maximum Gasteiger partial charge on any atom is 0.257 e. The Labute approximate surface area is 121 Å². The lowest BCUT2D eigenvalue weighted by Gasteiger charge is -2.24. The van der Waals surface area contributed by atoms with Crippen LogP contribution in [-0.2, 0) is 0 Å². The van der Waals surface area contributed by atoms with Gasteiger partial charge in [0, 0.05) is 32.4 Å². The van der Waals surface area contributed by atoms with E-state index in [1.54, 1.807) is 6.20 Å². The molecule has 0 spiro atoms. The Kier molecular flexibility index (Phi) is 5.39. The first-order chi connectivity index (χ1) is 9.77. The van der Waals surface area contributed by atoms with Crippen molar-refractivity contribution < 1.29 is 4.79 Å². The van der Waals surface area contributed by atoms with Crippen molar-refractivity contribution in [3.63, 3.8) is 0 Å². The number of anilines is 1. The molecule has 4 nitrogen and oxygen atoms in total. The lowest BCUT2D eigenvalue weighted by molar-refractivity contribution is 0.0762. The number of carbonyl (C=O) groups is 1. The fourth-order valence-electron chi connectivity index (χ4n) is 2.67. The van der Waals surface area contributed by atoms with Gasteiger partial charge in [-0.3, -0.25) is 4.79 Å². The van der Waals surface area contributed by atoms with Crippen LogP contribution in [0.1, 0.15) is 49.9 Å². The molecule has 0 radical (unpaired) electrons. The van der Waals surface area contributed by atoms with Gasteiger partial charge in [-0.25, -0.2) is 4.98 Å². The average Bonchev–Trinajstić information content (AvgIpc) is 3.02. The number of hydrogen-bond donors (Lipinski definition) is 0. The third-order valence-corrected chi connectivity index (χ3v) is 3.87. The quantitative estimate of drug-likeness (QED) is 0.801. The minimum Gasteiger partial charge on any atom is -0.356 e. The van der Waals surface area contributed by atoms with Crippen LogP contribution in [0.2, 0.25) is 0 Å². The molecule has 0 aliphatic carbocycles. The molecule has 1 saturated heterocycles. The van der Waals surface area contributed by atoms with Crippen molar-refractivity contribution in [2.24, 2.45) is 0 Å². The summed E-state index contributed by atoms with van der Waals surface area (Å²) in [5.74, 6) is 0.987. The molecule has 1 aromatic heterocycles. The minimum atomic E-state index is 0.121. The lowest BCUT2D eigenvalue weighted by Crippen LogP contribution is -2.33. The van der Waals surface area contributed by atoms with Crippen LogP contribution in [-0.4, -0.2) is 42.0 Å². The molecular weight excluding hydrogens is 250 g/mol. The van der Waals surface area contributed by atoms with Gasteiger partial charge in [0.2, 0.25) is 0 Å². The molecule has 2 heterocycles. The van der Waals surface area contributed by atoms with Gasteiger partial charge in [0.05, 0.1) is 5.56 Å². The third-order valence-electron chi connectivity index (χ3n) is 3.87. The van der Waals surface area contributed by atoms with Crippen molar-refractivity contribution in [1.82, 2.24) is 9.88 Å². The largest absolute Gasteiger partial charge is 0.356 e. The minimum absolute atomic E-state index is 0.121. The number of pyridine rings is 1. The highest BCUT2D eigenvalue weighted by Gasteiger charge is 2.23. The Bertz CT molecular complexity index is 441. The summed E-state index contributed by atoms with van der Waals surface area (Å²) in [5.41, 5.74) is 0.757. The van der Waals surface area contributed by atoms with Gasteiger partial charge in [-0.2, -0.15) is 0 Å². The van der Waals surface area contributed by atoms with E-state index in [4.69, 9.17) is 0 Å². The Balaban J connectivity index is 2.19. The Hall–Kier alpha value is -1.58. The lowest BCUT2D eigenvalue weighted by atomic mass is 10.2. The summed E-state index contributed by atoms with van der Waals surface area (Å²) >= 11 is 0. The molecule has 110 valence electrons. The summed E-state index contributed by atoms with van der Waals surface area (Å²) in [7, 11) is 0. The number of carbonyl (C=O) groups excluding carboxylic acids is 1. The summed E-state index contributed by atoms with van der Waals surface area (Å²) in [5, 5.41) is 0. The second-order valence-electron chi connectivity index (χ2n) is 5.31. The van der Waals surface area contributed by atoms with Gasteiger partial charge in [0.25, 0.3) is 5.91 Å². The molecule has 0 aromatic carbocycles. The molecular formula is C16H25N3O. The zero-order valence-corrected chi connectivity index (χ0v) is 12.6. The first-order valence-electron chi connectivity index (χ1n) is 7.77. The fraction of sp³-hybridized carbons (Fsp3) is 0.625. The van der Waals surface area contributed by atoms with Crippen molar-refractivity contribution in [2.45, 2.75) is 39.5 Å². The number of hydrogen-bond acceptors (Lipinski definition) is 3. The number of rotatable bonds is 6. The summed E-state index contributed by atoms with van der Waals surface area (Å²) in [6.07, 6.45) is 6.33. The van der Waals surface area contributed by atoms with E-state index in [-0.39, 0.29) is 5.91 Å². The van der Waals surface area contributed by atoms with Crippen molar-refractivity contribution >= 4 is 11.7 Å². The van der Waals surface area contributed by atoms with Crippen molar-refractivity contribution in [3.05, 3.63) is 23.9 Å². The van der Waals surface area contributed by atoms with E-state index in [0.717, 1.165) is 50.4 Å². The second-order valence-corrected chi connectivity index (χ2v) is 5.31. The van der Waals surface area contributed by atoms with E-state index in [9.17, 15) is 4.79 Å². The molecule has 0 atom stereocenters. The summed E-state index contributed by atoms with van der Waals surface area (Å²) in [6.45, 7) is 7.81. The Morgan fingerprint density at radius 3 is 2.75 bits per heavy atom. The SMILES string of the molecule is CCCCN(CC)C(=O)c1cccnc1N1CCCC1. The molecule has 1 aliphatic rings. The highest BCUT2D eigenvalue weighted by atomic mass is 16.2. The van der Waals surface area contributed by atoms with Gasteiger partial charge in [-0.15, -0.1) is 0 Å². The van der Waals surface area contributed by atoms with E-state index in [0.29, 0.717) is 0 Å². The number of amides is 1. The number of unbranched alkanes of at least 4 members (excludes halogenated alkanes) is 1. The summed E-state index contributed by atoms with van der Waals surface area (Å²) < 4.78 is 0. The van der Waals surface area contributed by atoms with Crippen LogP contribution < -0.4 is 4.90 Å². The molecule has 0 saturated carbocycles. The maximum atomic E-state index is 12.7. The van der Waals surface area contributed by atoms with Gasteiger partial charge in [0.1, 0.15) is 5.82 Å².